The number of aryl methyl sites for hydroxylation is 1. The van der Waals surface area contributed by atoms with Crippen LogP contribution in [0.15, 0.2) is 24.3 Å². The van der Waals surface area contributed by atoms with Crippen molar-refractivity contribution in [2.24, 2.45) is 0 Å². The highest BCUT2D eigenvalue weighted by atomic mass is 16.2. The van der Waals surface area contributed by atoms with E-state index in [-0.39, 0.29) is 11.8 Å². The van der Waals surface area contributed by atoms with Gasteiger partial charge in [-0.3, -0.25) is 9.59 Å². The van der Waals surface area contributed by atoms with E-state index in [9.17, 15) is 9.59 Å². The Morgan fingerprint density at radius 2 is 2.17 bits per heavy atom. The zero-order valence-electron chi connectivity index (χ0n) is 13.1. The third kappa shape index (κ3) is 3.05. The lowest BCUT2D eigenvalue weighted by Crippen LogP contribution is -2.42. The highest BCUT2D eigenvalue weighted by molar-refractivity contribution is 5.97. The second-order valence-corrected chi connectivity index (χ2v) is 5.55. The summed E-state index contributed by atoms with van der Waals surface area (Å²) in [6, 6.07) is 6.88. The van der Waals surface area contributed by atoms with Gasteiger partial charge in [0.2, 0.25) is 11.8 Å². The summed E-state index contributed by atoms with van der Waals surface area (Å²) in [6.07, 6.45) is 1.54. The minimum Gasteiger partial charge on any atom is -0.331 e. The van der Waals surface area contributed by atoms with Crippen molar-refractivity contribution in [3.63, 3.8) is 0 Å². The lowest BCUT2D eigenvalue weighted by Gasteiger charge is -2.22. The summed E-state index contributed by atoms with van der Waals surface area (Å²) >= 11 is 0. The number of nitrogens with zero attached hydrogens (tertiary/aromatic N) is 5. The van der Waals surface area contributed by atoms with Gasteiger partial charge in [-0.15, -0.1) is 5.10 Å². The number of hydrogen-bond donors (Lipinski definition) is 1. The van der Waals surface area contributed by atoms with Crippen LogP contribution in [-0.4, -0.2) is 49.5 Å². The maximum Gasteiger partial charge on any atom is 0.247 e. The number of carbonyl (C=O) groups excluding carboxylic acids is 2. The molecule has 1 N–H and O–H groups in total. The average molecular weight is 314 g/mol. The van der Waals surface area contributed by atoms with Gasteiger partial charge >= 0.3 is 0 Å². The maximum absolute atomic E-state index is 12.4. The first-order chi connectivity index (χ1) is 11.1. The molecule has 2 amide bonds. The smallest absolute Gasteiger partial charge is 0.247 e. The fraction of sp³-hybridized carbons (Fsp3) is 0.400. The van der Waals surface area contributed by atoms with Gasteiger partial charge in [-0.1, -0.05) is 6.07 Å². The lowest BCUT2D eigenvalue weighted by molar-refractivity contribution is -0.134. The second kappa shape index (κ2) is 6.15. The van der Waals surface area contributed by atoms with Crippen LogP contribution in [0.3, 0.4) is 0 Å². The number of carbonyl (C=O) groups is 2. The molecule has 1 fully saturated rings. The fourth-order valence-corrected chi connectivity index (χ4v) is 2.83. The molecule has 23 heavy (non-hydrogen) atoms. The van der Waals surface area contributed by atoms with Gasteiger partial charge in [0, 0.05) is 19.2 Å². The van der Waals surface area contributed by atoms with E-state index in [0.29, 0.717) is 24.5 Å². The van der Waals surface area contributed by atoms with Gasteiger partial charge in [-0.05, 0) is 48.4 Å². The Balaban J connectivity index is 1.77. The molecule has 0 aliphatic carbocycles. The van der Waals surface area contributed by atoms with Gasteiger partial charge in [0.05, 0.1) is 5.69 Å². The average Bonchev–Trinajstić information content (AvgIpc) is 3.16. The number of tetrazole rings is 1. The molecule has 0 radical (unpaired) electrons. The van der Waals surface area contributed by atoms with Crippen molar-refractivity contribution < 1.29 is 9.59 Å². The van der Waals surface area contributed by atoms with Crippen LogP contribution in [0.2, 0.25) is 0 Å². The molecule has 0 saturated carbocycles. The number of amides is 2. The van der Waals surface area contributed by atoms with Gasteiger partial charge < -0.3 is 10.2 Å². The minimum atomic E-state index is -0.397. The lowest BCUT2D eigenvalue weighted by atomic mass is 10.2. The molecule has 1 aromatic carbocycles. The number of rotatable bonds is 3. The zero-order chi connectivity index (χ0) is 16.4. The van der Waals surface area contributed by atoms with Crippen molar-refractivity contribution in [3.8, 4) is 5.69 Å². The standard InChI is InChI=1S/C15H18N6O2/c1-10-17-18-19-21(10)13-6-3-5-12(9-13)16-15(23)14-7-4-8-20(14)11(2)22/h3,5-6,9,14H,4,7-8H2,1-2H3,(H,16,23). The van der Waals surface area contributed by atoms with Crippen LogP contribution in [0.1, 0.15) is 25.6 Å². The number of benzene rings is 1. The zero-order valence-corrected chi connectivity index (χ0v) is 13.1. The molecule has 8 nitrogen and oxygen atoms in total. The maximum atomic E-state index is 12.4. The highest BCUT2D eigenvalue weighted by Crippen LogP contribution is 2.20. The van der Waals surface area contributed by atoms with Crippen LogP contribution in [0.4, 0.5) is 5.69 Å². The molecule has 1 aromatic heterocycles. The first kappa shape index (κ1) is 15.1. The summed E-state index contributed by atoms with van der Waals surface area (Å²) < 4.78 is 1.59. The second-order valence-electron chi connectivity index (χ2n) is 5.55. The first-order valence-corrected chi connectivity index (χ1v) is 7.50. The number of likely N-dealkylation sites (tertiary alicyclic amines) is 1. The SMILES string of the molecule is CC(=O)N1CCCC1C(=O)Nc1cccc(-n2nnnc2C)c1. The minimum absolute atomic E-state index is 0.0688. The number of anilines is 1. The van der Waals surface area contributed by atoms with Crippen molar-refractivity contribution >= 4 is 17.5 Å². The van der Waals surface area contributed by atoms with E-state index in [4.69, 9.17) is 0 Å². The molecule has 1 saturated heterocycles. The Labute approximate surface area is 133 Å². The highest BCUT2D eigenvalue weighted by Gasteiger charge is 2.32. The van der Waals surface area contributed by atoms with E-state index in [2.05, 4.69) is 20.8 Å². The predicted molar refractivity (Wildman–Crippen MR) is 82.9 cm³/mol. The summed E-state index contributed by atoms with van der Waals surface area (Å²) in [5, 5.41) is 14.2. The molecule has 1 atom stereocenters. The number of nitrogens with one attached hydrogen (secondary N) is 1. The molecule has 1 aliphatic rings. The van der Waals surface area contributed by atoms with Crippen molar-refractivity contribution in [2.75, 3.05) is 11.9 Å². The summed E-state index contributed by atoms with van der Waals surface area (Å²) in [5.41, 5.74) is 1.41. The van der Waals surface area contributed by atoms with Crippen LogP contribution in [-0.2, 0) is 9.59 Å². The van der Waals surface area contributed by atoms with Gasteiger partial charge in [0.25, 0.3) is 0 Å². The third-order valence-corrected chi connectivity index (χ3v) is 3.94. The number of aromatic nitrogens is 4. The topological polar surface area (TPSA) is 93.0 Å². The van der Waals surface area contributed by atoms with Crippen molar-refractivity contribution in [3.05, 3.63) is 30.1 Å². The summed E-state index contributed by atoms with van der Waals surface area (Å²) in [4.78, 5) is 25.6. The molecule has 2 heterocycles. The van der Waals surface area contributed by atoms with Crippen LogP contribution >= 0.6 is 0 Å². The summed E-state index contributed by atoms with van der Waals surface area (Å²) in [5.74, 6) is 0.427. The Kier molecular flexibility index (Phi) is 4.05. The van der Waals surface area contributed by atoms with Crippen LogP contribution in [0.5, 0.6) is 0 Å². The van der Waals surface area contributed by atoms with E-state index < -0.39 is 6.04 Å². The molecule has 3 rings (SSSR count). The van der Waals surface area contributed by atoms with Gasteiger partial charge in [-0.2, -0.15) is 4.68 Å². The van der Waals surface area contributed by atoms with E-state index in [1.54, 1.807) is 28.6 Å². The number of hydrogen-bond acceptors (Lipinski definition) is 5. The fourth-order valence-electron chi connectivity index (χ4n) is 2.83. The molecule has 0 bridgehead atoms. The van der Waals surface area contributed by atoms with Crippen molar-refractivity contribution in [2.45, 2.75) is 32.7 Å². The normalized spacial score (nSPS) is 17.3. The molecule has 2 aromatic rings. The molecule has 1 aliphatic heterocycles. The molecular formula is C15H18N6O2. The van der Waals surface area contributed by atoms with Crippen LogP contribution < -0.4 is 5.32 Å². The van der Waals surface area contributed by atoms with E-state index in [1.807, 2.05) is 12.1 Å². The van der Waals surface area contributed by atoms with Gasteiger partial charge in [0.15, 0.2) is 5.82 Å². The third-order valence-electron chi connectivity index (χ3n) is 3.94. The van der Waals surface area contributed by atoms with Gasteiger partial charge in [-0.25, -0.2) is 0 Å². The Bertz CT molecular complexity index is 741. The Hall–Kier alpha value is -2.77. The Morgan fingerprint density at radius 3 is 2.87 bits per heavy atom. The quantitative estimate of drug-likeness (QED) is 0.909. The summed E-state index contributed by atoms with van der Waals surface area (Å²) in [6.45, 7) is 3.93. The first-order valence-electron chi connectivity index (χ1n) is 7.50. The Morgan fingerprint density at radius 1 is 1.35 bits per heavy atom. The predicted octanol–water partition coefficient (Wildman–Crippen LogP) is 0.920. The molecule has 0 spiro atoms. The van der Waals surface area contributed by atoms with Crippen molar-refractivity contribution in [1.29, 1.82) is 0 Å². The van der Waals surface area contributed by atoms with E-state index in [1.165, 1.54) is 6.92 Å². The molecule has 120 valence electrons. The largest absolute Gasteiger partial charge is 0.331 e. The van der Waals surface area contributed by atoms with E-state index >= 15 is 0 Å². The molecule has 8 heteroatoms. The molecular weight excluding hydrogens is 296 g/mol. The molecule has 1 unspecified atom stereocenters. The summed E-state index contributed by atoms with van der Waals surface area (Å²) in [7, 11) is 0. The van der Waals surface area contributed by atoms with Crippen LogP contribution in [0, 0.1) is 6.92 Å². The van der Waals surface area contributed by atoms with Gasteiger partial charge in [0.1, 0.15) is 6.04 Å². The monoisotopic (exact) mass is 314 g/mol. The van der Waals surface area contributed by atoms with Crippen molar-refractivity contribution in [1.82, 2.24) is 25.1 Å². The van der Waals surface area contributed by atoms with Crippen LogP contribution in [0.25, 0.3) is 5.69 Å². The van der Waals surface area contributed by atoms with E-state index in [0.717, 1.165) is 12.1 Å².